The molecule has 2 amide bonds. The molecule has 1 saturated heterocycles. The van der Waals surface area contributed by atoms with Crippen LogP contribution in [-0.2, 0) is 19.1 Å². The van der Waals surface area contributed by atoms with E-state index < -0.39 is 5.97 Å². The number of esters is 1. The summed E-state index contributed by atoms with van der Waals surface area (Å²) >= 11 is 1.55. The zero-order valence-electron chi connectivity index (χ0n) is 14.2. The van der Waals surface area contributed by atoms with Crippen molar-refractivity contribution in [1.82, 2.24) is 10.2 Å². The number of hydrogen-bond donors (Lipinski definition) is 1. The molecule has 2 heterocycles. The second kappa shape index (κ2) is 8.62. The molecule has 0 spiro atoms. The second-order valence-corrected chi connectivity index (χ2v) is 6.99. The van der Waals surface area contributed by atoms with E-state index >= 15 is 0 Å². The Morgan fingerprint density at radius 1 is 1.19 bits per heavy atom. The first-order valence-electron chi connectivity index (χ1n) is 8.44. The van der Waals surface area contributed by atoms with Gasteiger partial charge in [0.05, 0.1) is 6.04 Å². The largest absolute Gasteiger partial charge is 0.454 e. The van der Waals surface area contributed by atoms with Crippen molar-refractivity contribution in [2.75, 3.05) is 19.7 Å². The van der Waals surface area contributed by atoms with E-state index in [0.717, 1.165) is 16.9 Å². The van der Waals surface area contributed by atoms with Gasteiger partial charge in [-0.05, 0) is 23.4 Å². The number of rotatable bonds is 7. The number of thiophene rings is 1. The Labute approximate surface area is 155 Å². The molecule has 0 saturated carbocycles. The molecule has 1 fully saturated rings. The molecule has 7 heteroatoms. The van der Waals surface area contributed by atoms with Gasteiger partial charge in [0.25, 0.3) is 5.91 Å². The fraction of sp³-hybridized carbons (Fsp3) is 0.316. The van der Waals surface area contributed by atoms with Crippen LogP contribution in [0, 0.1) is 0 Å². The lowest BCUT2D eigenvalue weighted by Crippen LogP contribution is -2.36. The van der Waals surface area contributed by atoms with Gasteiger partial charge < -0.3 is 15.0 Å². The van der Waals surface area contributed by atoms with E-state index in [1.165, 1.54) is 4.90 Å². The van der Waals surface area contributed by atoms with E-state index in [9.17, 15) is 14.4 Å². The normalized spacial score (nSPS) is 14.9. The number of likely N-dealkylation sites (tertiary alicyclic amines) is 1. The minimum atomic E-state index is -0.567. The smallest absolute Gasteiger partial charge is 0.326 e. The lowest BCUT2D eigenvalue weighted by Gasteiger charge is -2.18. The van der Waals surface area contributed by atoms with Crippen molar-refractivity contribution in [3.05, 3.63) is 58.3 Å². The van der Waals surface area contributed by atoms with Gasteiger partial charge in [0.2, 0.25) is 5.91 Å². The summed E-state index contributed by atoms with van der Waals surface area (Å²) in [5.41, 5.74) is 0.956. The monoisotopic (exact) mass is 372 g/mol. The lowest BCUT2D eigenvalue weighted by molar-refractivity contribution is -0.151. The van der Waals surface area contributed by atoms with Crippen molar-refractivity contribution in [2.24, 2.45) is 0 Å². The Bertz CT molecular complexity index is 761. The topological polar surface area (TPSA) is 75.7 Å². The first-order valence-corrected chi connectivity index (χ1v) is 9.32. The minimum absolute atomic E-state index is 0.0479. The summed E-state index contributed by atoms with van der Waals surface area (Å²) in [6, 6.07) is 13.2. The number of ether oxygens (including phenoxy) is 1. The highest BCUT2D eigenvalue weighted by atomic mass is 32.1. The predicted octanol–water partition coefficient (Wildman–Crippen LogP) is 2.12. The number of carbonyl (C=O) groups is 3. The highest BCUT2D eigenvalue weighted by Crippen LogP contribution is 2.25. The van der Waals surface area contributed by atoms with Gasteiger partial charge in [-0.1, -0.05) is 36.4 Å². The standard InChI is InChI=1S/C19H20N2O4S/c22-16(13-25-18(24)12-21-10-4-9-17(21)23)20-19(15-8-5-11-26-15)14-6-2-1-3-7-14/h1-3,5-8,11,19H,4,9-10,12-13H2,(H,20,22)/t19-/m0/s1. The minimum Gasteiger partial charge on any atom is -0.454 e. The fourth-order valence-corrected chi connectivity index (χ4v) is 3.64. The molecule has 1 aromatic heterocycles. The molecule has 136 valence electrons. The number of amides is 2. The van der Waals surface area contributed by atoms with Gasteiger partial charge in [-0.25, -0.2) is 0 Å². The lowest BCUT2D eigenvalue weighted by atomic mass is 10.1. The fourth-order valence-electron chi connectivity index (χ4n) is 2.84. The van der Waals surface area contributed by atoms with E-state index in [0.29, 0.717) is 13.0 Å². The van der Waals surface area contributed by atoms with Crippen LogP contribution in [0.25, 0.3) is 0 Å². The average molecular weight is 372 g/mol. The number of nitrogens with zero attached hydrogens (tertiary/aromatic N) is 1. The third-order valence-electron chi connectivity index (χ3n) is 4.12. The van der Waals surface area contributed by atoms with Crippen molar-refractivity contribution in [2.45, 2.75) is 18.9 Å². The first-order chi connectivity index (χ1) is 12.6. The molecule has 1 atom stereocenters. The maximum atomic E-state index is 12.3. The van der Waals surface area contributed by atoms with E-state index in [4.69, 9.17) is 4.74 Å². The van der Waals surface area contributed by atoms with Gasteiger partial charge in [-0.3, -0.25) is 14.4 Å². The SMILES string of the molecule is O=C(COC(=O)CN1CCCC1=O)N[C@@H](c1ccccc1)c1cccs1. The summed E-state index contributed by atoms with van der Waals surface area (Å²) < 4.78 is 5.03. The number of nitrogens with one attached hydrogen (secondary N) is 1. The van der Waals surface area contributed by atoms with E-state index in [1.807, 2.05) is 47.8 Å². The van der Waals surface area contributed by atoms with Gasteiger partial charge in [0.1, 0.15) is 6.54 Å². The van der Waals surface area contributed by atoms with Crippen molar-refractivity contribution in [1.29, 1.82) is 0 Å². The Hall–Kier alpha value is -2.67. The van der Waals surface area contributed by atoms with Crippen molar-refractivity contribution in [3.8, 4) is 0 Å². The molecule has 3 rings (SSSR count). The molecule has 1 aliphatic rings. The zero-order chi connectivity index (χ0) is 18.4. The zero-order valence-corrected chi connectivity index (χ0v) is 15.0. The molecule has 26 heavy (non-hydrogen) atoms. The van der Waals surface area contributed by atoms with Gasteiger partial charge in [0.15, 0.2) is 6.61 Å². The average Bonchev–Trinajstić information content (AvgIpc) is 3.31. The van der Waals surface area contributed by atoms with Crippen LogP contribution in [0.2, 0.25) is 0 Å². The van der Waals surface area contributed by atoms with Gasteiger partial charge in [-0.15, -0.1) is 11.3 Å². The Balaban J connectivity index is 1.55. The van der Waals surface area contributed by atoms with Crippen LogP contribution < -0.4 is 5.32 Å². The molecule has 0 unspecified atom stereocenters. The molecule has 6 nitrogen and oxygen atoms in total. The highest BCUT2D eigenvalue weighted by Gasteiger charge is 2.24. The Morgan fingerprint density at radius 2 is 2.00 bits per heavy atom. The van der Waals surface area contributed by atoms with E-state index in [1.54, 1.807) is 11.3 Å². The molecule has 1 aromatic carbocycles. The molecule has 2 aromatic rings. The summed E-state index contributed by atoms with van der Waals surface area (Å²) in [6.45, 7) is 0.101. The molecule has 0 bridgehead atoms. The highest BCUT2D eigenvalue weighted by molar-refractivity contribution is 7.10. The summed E-state index contributed by atoms with van der Waals surface area (Å²) in [6.07, 6.45) is 1.22. The van der Waals surface area contributed by atoms with Crippen LogP contribution in [0.3, 0.4) is 0 Å². The summed E-state index contributed by atoms with van der Waals surface area (Å²) in [5.74, 6) is -0.996. The van der Waals surface area contributed by atoms with Crippen LogP contribution in [0.1, 0.15) is 29.3 Å². The maximum Gasteiger partial charge on any atom is 0.326 e. The third kappa shape index (κ3) is 4.70. The summed E-state index contributed by atoms with van der Waals surface area (Å²) in [7, 11) is 0. The third-order valence-corrected chi connectivity index (χ3v) is 5.06. The summed E-state index contributed by atoms with van der Waals surface area (Å²) in [5, 5.41) is 4.86. The molecule has 0 aliphatic carbocycles. The van der Waals surface area contributed by atoms with Gasteiger partial charge in [-0.2, -0.15) is 0 Å². The van der Waals surface area contributed by atoms with Gasteiger partial charge in [0, 0.05) is 17.8 Å². The first kappa shape index (κ1) is 18.1. The molecular weight excluding hydrogens is 352 g/mol. The van der Waals surface area contributed by atoms with Crippen LogP contribution in [-0.4, -0.2) is 42.4 Å². The predicted molar refractivity (Wildman–Crippen MR) is 97.5 cm³/mol. The van der Waals surface area contributed by atoms with E-state index in [2.05, 4.69) is 5.32 Å². The number of hydrogen-bond acceptors (Lipinski definition) is 5. The van der Waals surface area contributed by atoms with Crippen LogP contribution >= 0.6 is 11.3 Å². The Kier molecular flexibility index (Phi) is 6.01. The van der Waals surface area contributed by atoms with Crippen LogP contribution in [0.5, 0.6) is 0 Å². The molecule has 1 N–H and O–H groups in total. The number of carbonyl (C=O) groups excluding carboxylic acids is 3. The maximum absolute atomic E-state index is 12.3. The molecule has 1 aliphatic heterocycles. The van der Waals surface area contributed by atoms with Crippen molar-refractivity contribution < 1.29 is 19.1 Å². The molecule has 0 radical (unpaired) electrons. The van der Waals surface area contributed by atoms with Crippen LogP contribution in [0.15, 0.2) is 47.8 Å². The van der Waals surface area contributed by atoms with Gasteiger partial charge >= 0.3 is 5.97 Å². The summed E-state index contributed by atoms with van der Waals surface area (Å²) in [4.78, 5) is 38.1. The molecular formula is C19H20N2O4S. The quantitative estimate of drug-likeness (QED) is 0.756. The van der Waals surface area contributed by atoms with Crippen molar-refractivity contribution >= 4 is 29.1 Å². The second-order valence-electron chi connectivity index (χ2n) is 6.01. The Morgan fingerprint density at radius 3 is 2.65 bits per heavy atom. The van der Waals surface area contributed by atoms with Crippen molar-refractivity contribution in [3.63, 3.8) is 0 Å². The van der Waals surface area contributed by atoms with Crippen LogP contribution in [0.4, 0.5) is 0 Å². The van der Waals surface area contributed by atoms with E-state index in [-0.39, 0.29) is 31.0 Å². The number of benzene rings is 1.